The lowest BCUT2D eigenvalue weighted by Crippen LogP contribution is -2.49. The summed E-state index contributed by atoms with van der Waals surface area (Å²) in [6.45, 7) is 0. The van der Waals surface area contributed by atoms with Crippen LogP contribution in [0.25, 0.3) is 0 Å². The molecule has 0 spiro atoms. The third kappa shape index (κ3) is 2.46. The van der Waals surface area contributed by atoms with E-state index >= 15 is 0 Å². The monoisotopic (exact) mass is 330 g/mol. The van der Waals surface area contributed by atoms with Crippen molar-refractivity contribution in [1.29, 1.82) is 0 Å². The maximum atomic E-state index is 12.7. The van der Waals surface area contributed by atoms with Crippen LogP contribution in [0.1, 0.15) is 0 Å². The van der Waals surface area contributed by atoms with Gasteiger partial charge in [0.15, 0.2) is 5.04 Å². The highest BCUT2D eigenvalue weighted by atomic mass is 32.2. The van der Waals surface area contributed by atoms with Gasteiger partial charge in [0, 0.05) is 12.7 Å². The van der Waals surface area contributed by atoms with E-state index in [9.17, 15) is 14.4 Å². The predicted octanol–water partition coefficient (Wildman–Crippen LogP) is 1.53. The molecule has 0 saturated heterocycles. The van der Waals surface area contributed by atoms with E-state index in [2.05, 4.69) is 0 Å². The highest BCUT2D eigenvalue weighted by Crippen LogP contribution is 2.36. The minimum Gasteiger partial charge on any atom is -0.311 e. The van der Waals surface area contributed by atoms with Gasteiger partial charge in [-0.3, -0.25) is 4.79 Å². The number of likely N-dealkylation sites (N-methyl/N-ethyl adjacent to an activating group) is 1. The number of carbonyl (C=O) groups is 3. The Kier molecular flexibility index (Phi) is 3.81. The summed E-state index contributed by atoms with van der Waals surface area (Å²) in [5.74, 6) is -1.06. The fraction of sp³-hybridized carbons (Fsp3) is 0.250. The number of nitrogens with zero attached hydrogens (tertiary/aromatic N) is 3. The molecule has 2 aliphatic rings. The standard InChI is InChI=1S/C16H16N3O3S/c1-17(10-7-5-4-6-8-10)14(21)12-9-11-13(20)18(2)16(22)19(3)15(11)23-12/h4-9,11H,1-3H3/q+1. The minimum absolute atomic E-state index is 0.195. The summed E-state index contributed by atoms with van der Waals surface area (Å²) < 4.78 is 1.43. The number of amides is 4. The predicted molar refractivity (Wildman–Crippen MR) is 88.4 cm³/mol. The maximum absolute atomic E-state index is 12.7. The molecule has 1 aromatic rings. The number of hydrogen-bond donors (Lipinski definition) is 0. The van der Waals surface area contributed by atoms with E-state index in [1.807, 2.05) is 30.3 Å². The number of fused-ring (bicyclic) bond motifs is 1. The van der Waals surface area contributed by atoms with Crippen molar-refractivity contribution >= 4 is 40.3 Å². The van der Waals surface area contributed by atoms with Crippen molar-refractivity contribution in [2.75, 3.05) is 26.0 Å². The van der Waals surface area contributed by atoms with Crippen LogP contribution in [0.3, 0.4) is 0 Å². The molecule has 0 aliphatic carbocycles. The van der Waals surface area contributed by atoms with E-state index in [-0.39, 0.29) is 17.8 Å². The lowest BCUT2D eigenvalue weighted by molar-refractivity contribution is -0.403. The third-order valence-electron chi connectivity index (χ3n) is 3.96. The first-order chi connectivity index (χ1) is 10.9. The van der Waals surface area contributed by atoms with Gasteiger partial charge in [-0.25, -0.2) is 4.79 Å². The molecule has 0 fully saturated rings. The topological polar surface area (TPSA) is 60.7 Å². The van der Waals surface area contributed by atoms with Crippen molar-refractivity contribution in [1.82, 2.24) is 4.90 Å². The molecular formula is C16H16N3O3S+. The first-order valence-electron chi connectivity index (χ1n) is 7.06. The average Bonchev–Trinajstić information content (AvgIpc) is 3.03. The molecule has 3 rings (SSSR count). The number of imide groups is 1. The van der Waals surface area contributed by atoms with Crippen LogP contribution < -0.4 is 4.90 Å². The Balaban J connectivity index is 1.91. The summed E-state index contributed by atoms with van der Waals surface area (Å²) in [4.78, 5) is 40.0. The molecule has 7 heteroatoms. The van der Waals surface area contributed by atoms with Crippen LogP contribution in [0.4, 0.5) is 10.5 Å². The Hall–Kier alpha value is -2.41. The van der Waals surface area contributed by atoms with Gasteiger partial charge in [-0.1, -0.05) is 18.2 Å². The first-order valence-corrected chi connectivity index (χ1v) is 7.88. The van der Waals surface area contributed by atoms with Gasteiger partial charge in [-0.05, 0) is 30.0 Å². The highest BCUT2D eigenvalue weighted by molar-refractivity contribution is 8.18. The Labute approximate surface area is 138 Å². The van der Waals surface area contributed by atoms with Crippen molar-refractivity contribution < 1.29 is 19.0 Å². The zero-order valence-electron chi connectivity index (χ0n) is 13.0. The molecule has 0 saturated carbocycles. The molecule has 2 aliphatic heterocycles. The van der Waals surface area contributed by atoms with Crippen LogP contribution in [0.15, 0.2) is 41.3 Å². The first kappa shape index (κ1) is 15.5. The summed E-state index contributed by atoms with van der Waals surface area (Å²) in [6, 6.07) is 8.89. The van der Waals surface area contributed by atoms with Crippen molar-refractivity contribution in [2.24, 2.45) is 5.92 Å². The van der Waals surface area contributed by atoms with E-state index in [0.717, 1.165) is 10.6 Å². The van der Waals surface area contributed by atoms with Gasteiger partial charge in [-0.15, -0.1) is 0 Å². The van der Waals surface area contributed by atoms with Crippen LogP contribution in [-0.4, -0.2) is 53.5 Å². The molecule has 2 heterocycles. The smallest absolute Gasteiger partial charge is 0.311 e. The van der Waals surface area contributed by atoms with Crippen LogP contribution in [0, 0.1) is 5.92 Å². The van der Waals surface area contributed by atoms with Gasteiger partial charge in [-0.2, -0.15) is 14.3 Å². The normalized spacial score (nSPS) is 20.6. The third-order valence-corrected chi connectivity index (χ3v) is 5.23. The summed E-state index contributed by atoms with van der Waals surface area (Å²) in [5.41, 5.74) is 0.770. The lowest BCUT2D eigenvalue weighted by atomic mass is 10.1. The van der Waals surface area contributed by atoms with Crippen LogP contribution in [-0.2, 0) is 9.59 Å². The van der Waals surface area contributed by atoms with E-state index < -0.39 is 5.92 Å². The minimum atomic E-state index is -0.559. The Bertz CT molecular complexity index is 770. The number of hydrogen-bond acceptors (Lipinski definition) is 4. The maximum Gasteiger partial charge on any atom is 0.500 e. The van der Waals surface area contributed by atoms with E-state index in [1.54, 1.807) is 20.2 Å². The Morgan fingerprint density at radius 2 is 1.91 bits per heavy atom. The number of thioether (sulfide) groups is 1. The molecule has 0 aromatic heterocycles. The van der Waals surface area contributed by atoms with Crippen LogP contribution in [0.5, 0.6) is 0 Å². The summed E-state index contributed by atoms with van der Waals surface area (Å²) >= 11 is 1.19. The number of anilines is 1. The zero-order chi connectivity index (χ0) is 16.7. The lowest BCUT2D eigenvalue weighted by Gasteiger charge is -2.19. The van der Waals surface area contributed by atoms with Gasteiger partial charge < -0.3 is 4.90 Å². The quantitative estimate of drug-likeness (QED) is 0.772. The fourth-order valence-corrected chi connectivity index (χ4v) is 3.72. The van der Waals surface area contributed by atoms with Crippen LogP contribution in [0.2, 0.25) is 0 Å². The molecule has 118 valence electrons. The van der Waals surface area contributed by atoms with Gasteiger partial charge in [0.05, 0.1) is 19.0 Å². The van der Waals surface area contributed by atoms with E-state index in [4.69, 9.17) is 0 Å². The van der Waals surface area contributed by atoms with Crippen molar-refractivity contribution in [3.8, 4) is 0 Å². The number of benzene rings is 1. The zero-order valence-corrected chi connectivity index (χ0v) is 13.8. The van der Waals surface area contributed by atoms with Crippen molar-refractivity contribution in [2.45, 2.75) is 0 Å². The second-order valence-electron chi connectivity index (χ2n) is 5.39. The van der Waals surface area contributed by atoms with Gasteiger partial charge in [0.25, 0.3) is 5.91 Å². The average molecular weight is 330 g/mol. The second kappa shape index (κ2) is 5.66. The number of rotatable bonds is 2. The summed E-state index contributed by atoms with van der Waals surface area (Å²) in [6.07, 6.45) is 1.64. The second-order valence-corrected chi connectivity index (χ2v) is 6.45. The Morgan fingerprint density at radius 3 is 2.57 bits per heavy atom. The van der Waals surface area contributed by atoms with Crippen molar-refractivity contribution in [3.63, 3.8) is 0 Å². The number of urea groups is 1. The molecule has 1 unspecified atom stereocenters. The SMILES string of the molecule is CN1C(=O)C2C=C(C(=O)N(C)c3ccccc3)SC2=[N+](C)C1=O. The molecule has 6 nitrogen and oxygen atoms in total. The largest absolute Gasteiger partial charge is 0.500 e. The number of carbonyl (C=O) groups excluding carboxylic acids is 3. The van der Waals surface area contributed by atoms with E-state index in [1.165, 1.54) is 28.3 Å². The highest BCUT2D eigenvalue weighted by Gasteiger charge is 2.48. The number of para-hydroxylation sites is 1. The fourth-order valence-electron chi connectivity index (χ4n) is 2.56. The van der Waals surface area contributed by atoms with Crippen LogP contribution >= 0.6 is 11.8 Å². The Morgan fingerprint density at radius 1 is 1.26 bits per heavy atom. The van der Waals surface area contributed by atoms with E-state index in [0.29, 0.717) is 9.95 Å². The van der Waals surface area contributed by atoms with Gasteiger partial charge in [0.1, 0.15) is 5.92 Å². The van der Waals surface area contributed by atoms with Gasteiger partial charge in [0.2, 0.25) is 0 Å². The summed E-state index contributed by atoms with van der Waals surface area (Å²) in [7, 11) is 4.75. The van der Waals surface area contributed by atoms with Gasteiger partial charge >= 0.3 is 11.9 Å². The molecule has 1 aromatic carbocycles. The molecule has 1 atom stereocenters. The molecule has 23 heavy (non-hydrogen) atoms. The molecule has 0 N–H and O–H groups in total. The molecule has 0 bridgehead atoms. The van der Waals surface area contributed by atoms with Crippen molar-refractivity contribution in [3.05, 3.63) is 41.3 Å². The molecule has 4 amide bonds. The summed E-state index contributed by atoms with van der Waals surface area (Å²) in [5, 5.41) is 0.586. The molecular weight excluding hydrogens is 314 g/mol. The molecule has 0 radical (unpaired) electrons.